The molecule has 0 bridgehead atoms. The molecule has 4 fully saturated rings. The van der Waals surface area contributed by atoms with Crippen molar-refractivity contribution in [1.29, 1.82) is 0 Å². The standard InChI is InChI=1S/C37H42O7/c1-21(39)24-9-7-22(8-10-24)15-23-5-4-6-25(16-23)34-43-32-18-29-28-12-11-26-17-27(40)13-14-35(26,2)33(28)30(41)19-36(29,3)37(32,44-34)31(42)20-38/h4-10,13-14,16-17,21,28-30,32-34,38-39,41H,11-12,15,18-20H2,1-3H3/t21-,28-,29-,30-,32+,33+,34+,35-,36-,37+/m0/s1. The van der Waals surface area contributed by atoms with Gasteiger partial charge in [0.15, 0.2) is 23.5 Å². The molecule has 4 aliphatic carbocycles. The van der Waals surface area contributed by atoms with Crippen LogP contribution in [0.3, 0.4) is 0 Å². The van der Waals surface area contributed by atoms with Crippen LogP contribution in [0.1, 0.15) is 81.1 Å². The zero-order valence-corrected chi connectivity index (χ0v) is 25.6. The van der Waals surface area contributed by atoms with Gasteiger partial charge >= 0.3 is 0 Å². The van der Waals surface area contributed by atoms with E-state index in [9.17, 15) is 24.9 Å². The van der Waals surface area contributed by atoms with Gasteiger partial charge in [-0.2, -0.15) is 0 Å². The minimum atomic E-state index is -1.37. The number of Topliss-reactive ketones (excluding diaryl/α,β-unsaturated/α-hetero) is 1. The summed E-state index contributed by atoms with van der Waals surface area (Å²) in [5.74, 6) is -0.294. The molecule has 3 saturated carbocycles. The number of carbonyl (C=O) groups excluding carboxylic acids is 2. The number of ketones is 2. The van der Waals surface area contributed by atoms with Gasteiger partial charge in [0.05, 0.1) is 18.3 Å². The van der Waals surface area contributed by atoms with Crippen LogP contribution >= 0.6 is 0 Å². The average Bonchev–Trinajstić information content (AvgIpc) is 3.50. The lowest BCUT2D eigenvalue weighted by atomic mass is 9.46. The molecule has 3 N–H and O–H groups in total. The van der Waals surface area contributed by atoms with Gasteiger partial charge in [0.2, 0.25) is 0 Å². The third kappa shape index (κ3) is 4.27. The summed E-state index contributed by atoms with van der Waals surface area (Å²) < 4.78 is 13.4. The minimum absolute atomic E-state index is 0.0000970. The molecule has 0 spiro atoms. The predicted octanol–water partition coefficient (Wildman–Crippen LogP) is 4.93. The van der Waals surface area contributed by atoms with E-state index < -0.39 is 47.6 Å². The van der Waals surface area contributed by atoms with Crippen LogP contribution in [0.2, 0.25) is 0 Å². The summed E-state index contributed by atoms with van der Waals surface area (Å²) in [7, 11) is 0. The molecule has 0 amide bonds. The zero-order valence-electron chi connectivity index (χ0n) is 25.6. The third-order valence-electron chi connectivity index (χ3n) is 11.9. The first-order valence-corrected chi connectivity index (χ1v) is 16.0. The van der Waals surface area contributed by atoms with Crippen LogP contribution in [0.4, 0.5) is 0 Å². The van der Waals surface area contributed by atoms with E-state index in [0.717, 1.165) is 40.7 Å². The van der Waals surface area contributed by atoms with E-state index in [1.165, 1.54) is 0 Å². The lowest BCUT2D eigenvalue weighted by molar-refractivity contribution is -0.201. The van der Waals surface area contributed by atoms with Gasteiger partial charge in [-0.05, 0) is 79.7 Å². The van der Waals surface area contributed by atoms with Crippen molar-refractivity contribution < 1.29 is 34.4 Å². The molecule has 1 heterocycles. The normalized spacial score (nSPS) is 39.6. The molecule has 7 heteroatoms. The summed E-state index contributed by atoms with van der Waals surface area (Å²) >= 11 is 0. The highest BCUT2D eigenvalue weighted by molar-refractivity contribution is 6.01. The second-order valence-corrected chi connectivity index (χ2v) is 14.2. The first kappa shape index (κ1) is 29.8. The lowest BCUT2D eigenvalue weighted by Gasteiger charge is -2.59. The largest absolute Gasteiger partial charge is 0.393 e. The van der Waals surface area contributed by atoms with E-state index in [4.69, 9.17) is 9.47 Å². The van der Waals surface area contributed by atoms with Crippen LogP contribution in [0, 0.1) is 28.6 Å². The number of hydrogen-bond donors (Lipinski definition) is 3. The van der Waals surface area contributed by atoms with E-state index in [2.05, 4.69) is 13.8 Å². The number of rotatable bonds is 6. The van der Waals surface area contributed by atoms with E-state index in [1.807, 2.05) is 54.6 Å². The second-order valence-electron chi connectivity index (χ2n) is 14.2. The summed E-state index contributed by atoms with van der Waals surface area (Å²) in [6, 6.07) is 15.9. The summed E-state index contributed by atoms with van der Waals surface area (Å²) in [6.07, 6.45) is 6.07. The quantitative estimate of drug-likeness (QED) is 0.432. The van der Waals surface area contributed by atoms with Crippen molar-refractivity contribution in [3.05, 3.63) is 94.6 Å². The number of allylic oxidation sites excluding steroid dienone is 4. The Morgan fingerprint density at radius 1 is 1.11 bits per heavy atom. The SMILES string of the molecule is C[C@H](O)c1ccc(Cc2cccc([C@@H]3O[C@@H]4C[C@H]5[C@@H]6CCC7=CC(=O)C=C[C@]7(C)[C@H]6[C@@H](O)C[C@]5(C)[C@]4(C(=O)CO)O3)c2)cc1. The maximum atomic E-state index is 13.8. The molecule has 232 valence electrons. The minimum Gasteiger partial charge on any atom is -0.393 e. The molecule has 0 radical (unpaired) electrons. The Morgan fingerprint density at radius 3 is 2.61 bits per heavy atom. The first-order chi connectivity index (χ1) is 21.0. The summed E-state index contributed by atoms with van der Waals surface area (Å²) in [6.45, 7) is 5.28. The Hall–Kier alpha value is -2.94. The highest BCUT2D eigenvalue weighted by atomic mass is 16.7. The smallest absolute Gasteiger partial charge is 0.193 e. The van der Waals surface area contributed by atoms with E-state index in [0.29, 0.717) is 19.3 Å². The van der Waals surface area contributed by atoms with Crippen molar-refractivity contribution in [2.75, 3.05) is 6.61 Å². The molecule has 1 saturated heterocycles. The molecule has 7 rings (SSSR count). The van der Waals surface area contributed by atoms with Crippen LogP contribution in [0.15, 0.2) is 72.3 Å². The van der Waals surface area contributed by atoms with Gasteiger partial charge < -0.3 is 24.8 Å². The fraction of sp³-hybridized carbons (Fsp3) is 0.514. The number of fused-ring (bicyclic) bond motifs is 7. The molecule has 7 nitrogen and oxygen atoms in total. The van der Waals surface area contributed by atoms with Gasteiger partial charge in [-0.15, -0.1) is 0 Å². The van der Waals surface area contributed by atoms with Crippen LogP contribution < -0.4 is 0 Å². The lowest BCUT2D eigenvalue weighted by Crippen LogP contribution is -2.63. The molecule has 10 atom stereocenters. The summed E-state index contributed by atoms with van der Waals surface area (Å²) in [4.78, 5) is 26.0. The molecular weight excluding hydrogens is 556 g/mol. The fourth-order valence-electron chi connectivity index (χ4n) is 9.83. The average molecular weight is 599 g/mol. The molecular formula is C37H42O7. The van der Waals surface area contributed by atoms with Crippen molar-refractivity contribution in [1.82, 2.24) is 0 Å². The van der Waals surface area contributed by atoms with Gasteiger partial charge in [-0.1, -0.05) is 74.0 Å². The Bertz CT molecular complexity index is 1540. The fourth-order valence-corrected chi connectivity index (χ4v) is 9.83. The van der Waals surface area contributed by atoms with Gasteiger partial charge in [0.1, 0.15) is 6.61 Å². The number of aliphatic hydroxyl groups excluding tert-OH is 3. The Labute approximate surface area is 258 Å². The van der Waals surface area contributed by atoms with Crippen LogP contribution in [-0.2, 0) is 25.5 Å². The van der Waals surface area contributed by atoms with Crippen molar-refractivity contribution in [2.24, 2.45) is 28.6 Å². The number of benzene rings is 2. The topological polar surface area (TPSA) is 113 Å². The highest BCUT2D eigenvalue weighted by Crippen LogP contribution is 2.70. The Balaban J connectivity index is 1.18. The molecule has 1 aliphatic heterocycles. The first-order valence-electron chi connectivity index (χ1n) is 16.0. The molecule has 0 aromatic heterocycles. The zero-order chi connectivity index (χ0) is 31.0. The third-order valence-corrected chi connectivity index (χ3v) is 11.9. The van der Waals surface area contributed by atoms with Gasteiger partial charge in [0, 0.05) is 22.3 Å². The monoisotopic (exact) mass is 598 g/mol. The molecule has 5 aliphatic rings. The highest BCUT2D eigenvalue weighted by Gasteiger charge is 2.75. The van der Waals surface area contributed by atoms with Crippen molar-refractivity contribution in [3.8, 4) is 0 Å². The van der Waals surface area contributed by atoms with Crippen molar-refractivity contribution in [2.45, 2.75) is 83.1 Å². The Kier molecular flexibility index (Phi) is 7.14. The summed E-state index contributed by atoms with van der Waals surface area (Å²) in [5, 5.41) is 32.0. The summed E-state index contributed by atoms with van der Waals surface area (Å²) in [5.41, 5.74) is 2.43. The number of aliphatic hydroxyl groups is 3. The molecule has 0 unspecified atom stereocenters. The number of hydrogen-bond acceptors (Lipinski definition) is 7. The van der Waals surface area contributed by atoms with E-state index >= 15 is 0 Å². The van der Waals surface area contributed by atoms with Crippen LogP contribution in [0.5, 0.6) is 0 Å². The molecule has 2 aromatic carbocycles. The van der Waals surface area contributed by atoms with Crippen molar-refractivity contribution in [3.63, 3.8) is 0 Å². The van der Waals surface area contributed by atoms with Gasteiger partial charge in [0.25, 0.3) is 0 Å². The van der Waals surface area contributed by atoms with Gasteiger partial charge in [-0.25, -0.2) is 0 Å². The number of carbonyl (C=O) groups is 2. The Morgan fingerprint density at radius 2 is 1.89 bits per heavy atom. The second kappa shape index (κ2) is 10.6. The predicted molar refractivity (Wildman–Crippen MR) is 163 cm³/mol. The maximum Gasteiger partial charge on any atom is 0.193 e. The van der Waals surface area contributed by atoms with Crippen LogP contribution in [-0.4, -0.2) is 51.3 Å². The van der Waals surface area contributed by atoms with Gasteiger partial charge in [-0.3, -0.25) is 9.59 Å². The molecule has 2 aromatic rings. The molecule has 44 heavy (non-hydrogen) atoms. The van der Waals surface area contributed by atoms with E-state index in [1.54, 1.807) is 19.1 Å². The van der Waals surface area contributed by atoms with E-state index in [-0.39, 0.29) is 29.3 Å². The van der Waals surface area contributed by atoms with Crippen LogP contribution in [0.25, 0.3) is 0 Å². The van der Waals surface area contributed by atoms with Crippen molar-refractivity contribution >= 4 is 11.6 Å². The maximum absolute atomic E-state index is 13.8. The number of ether oxygens (including phenoxy) is 2.